The fourth-order valence-corrected chi connectivity index (χ4v) is 7.95. The fraction of sp³-hybridized carbons (Fsp3) is 0.346. The molecule has 5 rings (SSSR count). The monoisotopic (exact) mass is 565 g/mol. The number of hydrogen-bond acceptors (Lipinski definition) is 6. The molecule has 2 heterocycles. The van der Waals surface area contributed by atoms with Crippen LogP contribution in [0.15, 0.2) is 53.4 Å². The molecule has 3 N–H and O–H groups in total. The Morgan fingerprint density at radius 1 is 1.11 bits per heavy atom. The molecule has 0 radical (unpaired) electrons. The smallest absolute Gasteiger partial charge is 0.348 e. The molecule has 7 nitrogen and oxygen atoms in total. The molecule has 0 saturated heterocycles. The van der Waals surface area contributed by atoms with E-state index in [2.05, 4.69) is 0 Å². The van der Waals surface area contributed by atoms with Crippen LogP contribution in [-0.4, -0.2) is 43.4 Å². The molecule has 2 aromatic carbocycles. The number of rotatable bonds is 4. The van der Waals surface area contributed by atoms with Crippen LogP contribution < -0.4 is 10.6 Å². The van der Waals surface area contributed by atoms with Crippen molar-refractivity contribution in [2.45, 2.75) is 43.0 Å². The number of carboxylic acid groups (broad SMARTS) is 1. The van der Waals surface area contributed by atoms with Gasteiger partial charge in [0.2, 0.25) is 10.0 Å². The number of nitrogens with two attached hydrogens (primary N) is 1. The number of halogens is 2. The van der Waals surface area contributed by atoms with E-state index in [0.29, 0.717) is 6.54 Å². The lowest BCUT2D eigenvalue weighted by atomic mass is 9.83. The van der Waals surface area contributed by atoms with E-state index in [0.717, 1.165) is 49.1 Å². The molecule has 1 saturated carbocycles. The van der Waals surface area contributed by atoms with Crippen molar-refractivity contribution in [3.8, 4) is 10.4 Å². The number of thiophene rings is 1. The van der Waals surface area contributed by atoms with Crippen molar-refractivity contribution in [1.82, 2.24) is 4.31 Å². The van der Waals surface area contributed by atoms with E-state index in [-0.39, 0.29) is 56.0 Å². The van der Waals surface area contributed by atoms with E-state index in [1.807, 2.05) is 35.2 Å². The Hall–Kier alpha value is -2.66. The van der Waals surface area contributed by atoms with Crippen molar-refractivity contribution < 1.29 is 22.7 Å². The number of nitrogens with zero attached hydrogens (tertiary/aromatic N) is 2. The Morgan fingerprint density at radius 2 is 1.78 bits per heavy atom. The lowest BCUT2D eigenvalue weighted by Crippen LogP contribution is -2.46. The molecule has 1 aromatic heterocycles. The first-order valence-corrected chi connectivity index (χ1v) is 14.2. The number of carboxylic acids is 1. The van der Waals surface area contributed by atoms with Gasteiger partial charge in [0.15, 0.2) is 0 Å². The fourth-order valence-electron chi connectivity index (χ4n) is 5.41. The van der Waals surface area contributed by atoms with Gasteiger partial charge in [0.1, 0.15) is 15.6 Å². The molecule has 2 aliphatic rings. The zero-order valence-corrected chi connectivity index (χ0v) is 22.7. The van der Waals surface area contributed by atoms with Crippen molar-refractivity contribution in [3.05, 3.63) is 59.2 Å². The molecule has 0 spiro atoms. The first kappa shape index (κ1) is 27.4. The van der Waals surface area contributed by atoms with Crippen LogP contribution in [0.2, 0.25) is 0 Å². The van der Waals surface area contributed by atoms with Crippen molar-refractivity contribution >= 4 is 56.8 Å². The maximum absolute atomic E-state index is 15.6. The van der Waals surface area contributed by atoms with E-state index in [1.165, 1.54) is 22.5 Å². The summed E-state index contributed by atoms with van der Waals surface area (Å²) in [5, 5.41) is 9.38. The van der Waals surface area contributed by atoms with Crippen LogP contribution in [0.5, 0.6) is 0 Å². The average molecular weight is 566 g/mol. The van der Waals surface area contributed by atoms with Gasteiger partial charge in [-0.25, -0.2) is 17.6 Å². The minimum Gasteiger partial charge on any atom is -0.477 e. The van der Waals surface area contributed by atoms with Crippen molar-refractivity contribution in [2.75, 3.05) is 24.2 Å². The number of carbonyl (C=O) groups is 1. The standard InChI is InChI=1S/C26H28FN3O4S2.ClH/c1-29-22(16-8-4-2-5-9-16)15-30(17-10-6-3-7-11-17)21-13-19(27)18(12-24(21)36(29,33)34)23-14-20(28)25(35-23)26(31)32;/h3,6-7,10-14,16,22H,2,4-5,8-9,15,28H2,1H3,(H,31,32);1H/t22-;/m0./s1. The number of sulfonamides is 1. The second-order valence-corrected chi connectivity index (χ2v) is 12.5. The van der Waals surface area contributed by atoms with Gasteiger partial charge in [-0.3, -0.25) is 0 Å². The summed E-state index contributed by atoms with van der Waals surface area (Å²) in [7, 11) is -2.37. The van der Waals surface area contributed by atoms with Gasteiger partial charge in [0.25, 0.3) is 0 Å². The van der Waals surface area contributed by atoms with E-state index < -0.39 is 21.8 Å². The SMILES string of the molecule is CN1[C@H](C2CCCCC2)CN(c2ccccc2)c2cc(F)c(-c3cc(N)c(C(=O)O)s3)cc2S1(=O)=O.Cl. The normalized spacial score (nSPS) is 20.1. The Bertz CT molecular complexity index is 1410. The molecule has 1 fully saturated rings. The molecule has 11 heteroatoms. The molecule has 0 bridgehead atoms. The summed E-state index contributed by atoms with van der Waals surface area (Å²) in [4.78, 5) is 13.5. The number of nitrogen functional groups attached to an aromatic ring is 1. The Labute approximate surface area is 226 Å². The number of para-hydroxylation sites is 1. The molecule has 0 amide bonds. The molecular weight excluding hydrogens is 537 g/mol. The van der Waals surface area contributed by atoms with Gasteiger partial charge in [-0.05, 0) is 49.1 Å². The van der Waals surface area contributed by atoms with Gasteiger partial charge in [-0.1, -0.05) is 37.5 Å². The Balaban J connectivity index is 0.00000320. The molecular formula is C26H29ClFN3O4S2. The summed E-state index contributed by atoms with van der Waals surface area (Å²) in [5.74, 6) is -1.64. The Kier molecular flexibility index (Phi) is 7.85. The van der Waals surface area contributed by atoms with E-state index in [4.69, 9.17) is 5.73 Å². The van der Waals surface area contributed by atoms with Crippen LogP contribution in [0.3, 0.4) is 0 Å². The second-order valence-electron chi connectivity index (χ2n) is 9.43. The van der Waals surface area contributed by atoms with Crippen molar-refractivity contribution in [1.29, 1.82) is 0 Å². The highest BCUT2D eigenvalue weighted by atomic mass is 35.5. The quantitative estimate of drug-likeness (QED) is 0.403. The Morgan fingerprint density at radius 3 is 2.41 bits per heavy atom. The van der Waals surface area contributed by atoms with Gasteiger partial charge in [-0.15, -0.1) is 23.7 Å². The summed E-state index contributed by atoms with van der Waals surface area (Å²) >= 11 is 0.826. The van der Waals surface area contributed by atoms with E-state index in [9.17, 15) is 18.3 Å². The number of hydrogen-bond donors (Lipinski definition) is 2. The van der Waals surface area contributed by atoms with Crippen LogP contribution >= 0.6 is 23.7 Å². The molecule has 1 atom stereocenters. The number of likely N-dealkylation sites (N-methyl/N-ethyl adjacent to an activating group) is 1. The highest BCUT2D eigenvalue weighted by Crippen LogP contribution is 2.44. The highest BCUT2D eigenvalue weighted by molar-refractivity contribution is 7.89. The van der Waals surface area contributed by atoms with E-state index >= 15 is 4.39 Å². The molecule has 0 unspecified atom stereocenters. The maximum Gasteiger partial charge on any atom is 0.348 e. The summed E-state index contributed by atoms with van der Waals surface area (Å²) < 4.78 is 45.0. The number of fused-ring (bicyclic) bond motifs is 1. The number of aromatic carboxylic acids is 1. The third-order valence-corrected chi connectivity index (χ3v) is 10.4. The zero-order chi connectivity index (χ0) is 25.6. The van der Waals surface area contributed by atoms with Gasteiger partial charge in [-0.2, -0.15) is 4.31 Å². The van der Waals surface area contributed by atoms with Gasteiger partial charge >= 0.3 is 5.97 Å². The maximum atomic E-state index is 15.6. The van der Waals surface area contributed by atoms with Crippen LogP contribution in [0.4, 0.5) is 21.5 Å². The van der Waals surface area contributed by atoms with Crippen LogP contribution in [0.25, 0.3) is 10.4 Å². The lowest BCUT2D eigenvalue weighted by molar-refractivity contribution is 0.0703. The lowest BCUT2D eigenvalue weighted by Gasteiger charge is -2.36. The van der Waals surface area contributed by atoms with E-state index in [1.54, 1.807) is 7.05 Å². The molecule has 1 aliphatic heterocycles. The predicted molar refractivity (Wildman–Crippen MR) is 147 cm³/mol. The van der Waals surface area contributed by atoms with Gasteiger partial charge in [0, 0.05) is 35.8 Å². The predicted octanol–water partition coefficient (Wildman–Crippen LogP) is 5.98. The van der Waals surface area contributed by atoms with Crippen molar-refractivity contribution in [2.24, 2.45) is 5.92 Å². The summed E-state index contributed by atoms with van der Waals surface area (Å²) in [6.07, 6.45) is 5.19. The topological polar surface area (TPSA) is 104 Å². The highest BCUT2D eigenvalue weighted by Gasteiger charge is 2.41. The first-order valence-electron chi connectivity index (χ1n) is 12.0. The molecule has 198 valence electrons. The molecule has 3 aromatic rings. The summed E-state index contributed by atoms with van der Waals surface area (Å²) in [6.45, 7) is 0.408. The van der Waals surface area contributed by atoms with Gasteiger partial charge < -0.3 is 15.7 Å². The minimum absolute atomic E-state index is 0. The van der Waals surface area contributed by atoms with Gasteiger partial charge in [0.05, 0.1) is 11.4 Å². The largest absolute Gasteiger partial charge is 0.477 e. The zero-order valence-electron chi connectivity index (χ0n) is 20.3. The number of anilines is 3. The van der Waals surface area contributed by atoms with Crippen LogP contribution in [-0.2, 0) is 10.0 Å². The summed E-state index contributed by atoms with van der Waals surface area (Å²) in [5.41, 5.74) is 6.92. The van der Waals surface area contributed by atoms with Crippen LogP contribution in [0.1, 0.15) is 41.8 Å². The molecule has 1 aliphatic carbocycles. The minimum atomic E-state index is -3.98. The average Bonchev–Trinajstić information content (AvgIpc) is 3.23. The third-order valence-electron chi connectivity index (χ3n) is 7.32. The second kappa shape index (κ2) is 10.6. The molecule has 37 heavy (non-hydrogen) atoms. The first-order chi connectivity index (χ1) is 17.2. The summed E-state index contributed by atoms with van der Waals surface area (Å²) in [6, 6.07) is 13.1. The van der Waals surface area contributed by atoms with Crippen LogP contribution in [0, 0.1) is 11.7 Å². The third kappa shape index (κ3) is 4.95. The number of benzene rings is 2. The van der Waals surface area contributed by atoms with Crippen molar-refractivity contribution in [3.63, 3.8) is 0 Å².